The van der Waals surface area contributed by atoms with Gasteiger partial charge < -0.3 is 29.3 Å². The van der Waals surface area contributed by atoms with Crippen molar-refractivity contribution >= 4 is 28.7 Å². The van der Waals surface area contributed by atoms with Crippen LogP contribution in [0.15, 0.2) is 60.8 Å². The van der Waals surface area contributed by atoms with Crippen LogP contribution in [0.2, 0.25) is 0 Å². The molecule has 2 aliphatic heterocycles. The van der Waals surface area contributed by atoms with E-state index >= 15 is 0 Å². The van der Waals surface area contributed by atoms with Crippen LogP contribution < -0.4 is 10.2 Å². The van der Waals surface area contributed by atoms with E-state index in [0.29, 0.717) is 31.0 Å². The second-order valence-corrected chi connectivity index (χ2v) is 13.6. The minimum absolute atomic E-state index is 0.139. The molecule has 1 N–H and O–H groups in total. The van der Waals surface area contributed by atoms with E-state index in [-0.39, 0.29) is 36.9 Å². The minimum Gasteiger partial charge on any atom is -0.444 e. The van der Waals surface area contributed by atoms with Gasteiger partial charge in [0, 0.05) is 36.8 Å². The van der Waals surface area contributed by atoms with Crippen molar-refractivity contribution in [1.82, 2.24) is 25.2 Å². The fraction of sp³-hybridized carbons (Fsp3) is 0.432. The van der Waals surface area contributed by atoms with Crippen molar-refractivity contribution < 1.29 is 23.8 Å². The summed E-state index contributed by atoms with van der Waals surface area (Å²) in [6.07, 6.45) is 1.32. The number of carbonyl (C=O) groups excluding carboxylic acids is 2. The third-order valence-electron chi connectivity index (χ3n) is 8.41. The summed E-state index contributed by atoms with van der Waals surface area (Å²) in [5.74, 6) is 0.677. The molecule has 11 heteroatoms. The minimum atomic E-state index is -0.582. The zero-order valence-corrected chi connectivity index (χ0v) is 28.5. The molecule has 2 aliphatic rings. The summed E-state index contributed by atoms with van der Waals surface area (Å²) >= 11 is 0. The molecule has 0 radical (unpaired) electrons. The van der Waals surface area contributed by atoms with Crippen LogP contribution in [0.4, 0.5) is 10.6 Å². The van der Waals surface area contributed by atoms with E-state index in [4.69, 9.17) is 24.2 Å². The molecule has 0 saturated carbocycles. The Hall–Kier alpha value is -4.61. The molecule has 4 aromatic rings. The van der Waals surface area contributed by atoms with Crippen LogP contribution in [-0.2, 0) is 20.8 Å². The SMILES string of the molecule is Cc1ccc(C(=O)NCc2cc3nc(-c4cccc(N5C[C@@H](C)O[C@@H](C)C5)n4)ccc3cn2)cc1C1CN(C(=O)OC(C)(C)C)CCO1. The number of aryl methyl sites for hydroxylation is 1. The number of amides is 2. The Labute approximate surface area is 281 Å². The highest BCUT2D eigenvalue weighted by molar-refractivity contribution is 5.94. The molecule has 5 heterocycles. The number of fused-ring (bicyclic) bond motifs is 1. The lowest BCUT2D eigenvalue weighted by Gasteiger charge is -2.36. The molecule has 1 aromatic carbocycles. The Balaban J connectivity index is 1.13. The summed E-state index contributed by atoms with van der Waals surface area (Å²) in [6.45, 7) is 14.7. The zero-order valence-electron chi connectivity index (χ0n) is 28.5. The largest absolute Gasteiger partial charge is 0.444 e. The van der Waals surface area contributed by atoms with Crippen LogP contribution in [0, 0.1) is 6.92 Å². The van der Waals surface area contributed by atoms with Crippen LogP contribution in [-0.4, -0.2) is 82.4 Å². The normalized spacial score (nSPS) is 20.1. The smallest absolute Gasteiger partial charge is 0.410 e. The summed E-state index contributed by atoms with van der Waals surface area (Å²) in [6, 6.07) is 17.4. The third kappa shape index (κ3) is 7.91. The van der Waals surface area contributed by atoms with Gasteiger partial charge in [-0.05, 0) is 95.1 Å². The number of pyridine rings is 3. The molecule has 1 unspecified atom stereocenters. The predicted molar refractivity (Wildman–Crippen MR) is 184 cm³/mol. The molecule has 3 atom stereocenters. The van der Waals surface area contributed by atoms with Crippen molar-refractivity contribution in [2.45, 2.75) is 72.0 Å². The third-order valence-corrected chi connectivity index (χ3v) is 8.41. The molecule has 0 aliphatic carbocycles. The highest BCUT2D eigenvalue weighted by Crippen LogP contribution is 2.28. The Morgan fingerprint density at radius 3 is 2.52 bits per heavy atom. The first-order valence-electron chi connectivity index (χ1n) is 16.5. The summed E-state index contributed by atoms with van der Waals surface area (Å²) in [5.41, 5.74) is 4.79. The molecule has 3 aromatic heterocycles. The number of hydrogen-bond acceptors (Lipinski definition) is 9. The average Bonchev–Trinajstić information content (AvgIpc) is 3.06. The van der Waals surface area contributed by atoms with E-state index in [1.807, 2.05) is 76.2 Å². The van der Waals surface area contributed by atoms with Crippen molar-refractivity contribution in [3.63, 3.8) is 0 Å². The average molecular weight is 653 g/mol. The van der Waals surface area contributed by atoms with Gasteiger partial charge in [-0.2, -0.15) is 0 Å². The van der Waals surface area contributed by atoms with Crippen LogP contribution in [0.25, 0.3) is 22.3 Å². The zero-order chi connectivity index (χ0) is 34.0. The van der Waals surface area contributed by atoms with Crippen molar-refractivity contribution in [3.05, 3.63) is 83.2 Å². The molecule has 2 fully saturated rings. The van der Waals surface area contributed by atoms with Gasteiger partial charge in [0.05, 0.1) is 54.5 Å². The van der Waals surface area contributed by atoms with Gasteiger partial charge >= 0.3 is 6.09 Å². The first-order valence-corrected chi connectivity index (χ1v) is 16.5. The van der Waals surface area contributed by atoms with Gasteiger partial charge in [0.2, 0.25) is 0 Å². The molecule has 252 valence electrons. The Morgan fingerprint density at radius 1 is 0.979 bits per heavy atom. The Morgan fingerprint density at radius 2 is 1.75 bits per heavy atom. The Bertz CT molecular complexity index is 1800. The van der Waals surface area contributed by atoms with Gasteiger partial charge in [0.25, 0.3) is 5.91 Å². The molecule has 0 bridgehead atoms. The maximum absolute atomic E-state index is 13.3. The maximum Gasteiger partial charge on any atom is 0.410 e. The fourth-order valence-electron chi connectivity index (χ4n) is 6.14. The number of aromatic nitrogens is 3. The van der Waals surface area contributed by atoms with E-state index in [9.17, 15) is 9.59 Å². The van der Waals surface area contributed by atoms with Crippen molar-refractivity contribution in [2.75, 3.05) is 37.7 Å². The molecule has 0 spiro atoms. The molecular formula is C37H44N6O5. The van der Waals surface area contributed by atoms with Gasteiger partial charge in [-0.1, -0.05) is 12.1 Å². The Kier molecular flexibility index (Phi) is 9.61. The quantitative estimate of drug-likeness (QED) is 0.274. The number of anilines is 1. The molecule has 11 nitrogen and oxygen atoms in total. The number of ether oxygens (including phenoxy) is 3. The number of nitrogens with zero attached hydrogens (tertiary/aromatic N) is 5. The molecule has 6 rings (SSSR count). The van der Waals surface area contributed by atoms with Gasteiger partial charge in [-0.25, -0.2) is 14.8 Å². The number of hydrogen-bond donors (Lipinski definition) is 1. The van der Waals surface area contributed by atoms with Gasteiger partial charge in [-0.15, -0.1) is 0 Å². The highest BCUT2D eigenvalue weighted by Gasteiger charge is 2.30. The van der Waals surface area contributed by atoms with Crippen molar-refractivity contribution in [3.8, 4) is 11.4 Å². The number of rotatable bonds is 6. The number of benzene rings is 1. The van der Waals surface area contributed by atoms with Crippen LogP contribution in [0.3, 0.4) is 0 Å². The van der Waals surface area contributed by atoms with E-state index < -0.39 is 5.60 Å². The van der Waals surface area contributed by atoms with E-state index in [1.165, 1.54) is 0 Å². The number of nitrogens with one attached hydrogen (secondary N) is 1. The van der Waals surface area contributed by atoms with E-state index in [0.717, 1.165) is 52.3 Å². The second kappa shape index (κ2) is 13.9. The lowest BCUT2D eigenvalue weighted by Crippen LogP contribution is -2.45. The van der Waals surface area contributed by atoms with E-state index in [2.05, 4.69) is 29.0 Å². The van der Waals surface area contributed by atoms with Crippen molar-refractivity contribution in [1.29, 1.82) is 0 Å². The maximum atomic E-state index is 13.3. The topological polar surface area (TPSA) is 119 Å². The molecule has 2 amide bonds. The second-order valence-electron chi connectivity index (χ2n) is 13.6. The standard InChI is InChI=1S/C37H44N6O5/c1-23-10-11-26(16-29(23)33-22-42(14-15-46-33)36(45)48-37(4,5)6)35(44)39-19-28-17-32-27(18-38-28)12-13-31(40-32)30-8-7-9-34(41-30)43-20-24(2)47-25(3)21-43/h7-13,16-18,24-25,33H,14-15,19-22H2,1-6H3,(H,39,44)/t24-,25+,33?. The fourth-order valence-corrected chi connectivity index (χ4v) is 6.14. The molecule has 48 heavy (non-hydrogen) atoms. The number of morpholine rings is 2. The van der Waals surface area contributed by atoms with Crippen LogP contribution in [0.1, 0.15) is 67.9 Å². The first kappa shape index (κ1) is 33.3. The molecule has 2 saturated heterocycles. The van der Waals surface area contributed by atoms with Gasteiger partial charge in [0.1, 0.15) is 17.5 Å². The highest BCUT2D eigenvalue weighted by atomic mass is 16.6. The first-order chi connectivity index (χ1) is 22.9. The summed E-state index contributed by atoms with van der Waals surface area (Å²) in [4.78, 5) is 44.3. The summed E-state index contributed by atoms with van der Waals surface area (Å²) in [7, 11) is 0. The molecular weight excluding hydrogens is 608 g/mol. The van der Waals surface area contributed by atoms with Crippen LogP contribution in [0.5, 0.6) is 0 Å². The monoisotopic (exact) mass is 652 g/mol. The van der Waals surface area contributed by atoms with Gasteiger partial charge in [0.15, 0.2) is 0 Å². The lowest BCUT2D eigenvalue weighted by molar-refractivity contribution is -0.0435. The predicted octanol–water partition coefficient (Wildman–Crippen LogP) is 5.85. The van der Waals surface area contributed by atoms with Gasteiger partial charge in [-0.3, -0.25) is 9.78 Å². The number of carbonyl (C=O) groups is 2. The lowest BCUT2D eigenvalue weighted by atomic mass is 9.98. The van der Waals surface area contributed by atoms with Crippen molar-refractivity contribution in [2.24, 2.45) is 0 Å². The summed E-state index contributed by atoms with van der Waals surface area (Å²) < 4.78 is 17.5. The van der Waals surface area contributed by atoms with E-state index in [1.54, 1.807) is 17.2 Å². The summed E-state index contributed by atoms with van der Waals surface area (Å²) in [5, 5.41) is 3.90. The van der Waals surface area contributed by atoms with Crippen LogP contribution >= 0.6 is 0 Å².